The second-order valence-corrected chi connectivity index (χ2v) is 6.09. The number of nitrogens with one attached hydrogen (secondary N) is 1. The zero-order chi connectivity index (χ0) is 14.0. The van der Waals surface area contributed by atoms with Crippen LogP contribution < -0.4 is 5.32 Å². The zero-order valence-electron chi connectivity index (χ0n) is 11.0. The van der Waals surface area contributed by atoms with E-state index in [1.165, 1.54) is 0 Å². The van der Waals surface area contributed by atoms with E-state index in [0.717, 1.165) is 10.2 Å². The van der Waals surface area contributed by atoms with Gasteiger partial charge in [-0.3, -0.25) is 4.79 Å². The van der Waals surface area contributed by atoms with Gasteiger partial charge in [0.1, 0.15) is 5.69 Å². The number of pyridine rings is 1. The van der Waals surface area contributed by atoms with E-state index in [1.807, 2.05) is 33.0 Å². The second-order valence-electron chi connectivity index (χ2n) is 5.18. The van der Waals surface area contributed by atoms with Gasteiger partial charge in [0.2, 0.25) is 5.91 Å². The molecular weight excluding hydrogens is 308 g/mol. The number of carbonyl (C=O) groups is 1. The first-order valence-corrected chi connectivity index (χ1v) is 6.64. The Kier molecular flexibility index (Phi) is 3.71. The second kappa shape index (κ2) is 5.13. The molecule has 0 saturated heterocycles. The molecule has 6 heteroatoms. The van der Waals surface area contributed by atoms with E-state index >= 15 is 0 Å². The quantitative estimate of drug-likeness (QED) is 0.924. The fraction of sp³-hybridized carbons (Fsp3) is 0.308. The molecule has 0 aliphatic rings. The fourth-order valence-corrected chi connectivity index (χ4v) is 1.69. The number of carbonyl (C=O) groups excluding carboxylic acids is 1. The number of anilines is 1. The van der Waals surface area contributed by atoms with Crippen LogP contribution in [-0.2, 0) is 4.79 Å². The van der Waals surface area contributed by atoms with Crippen LogP contribution >= 0.6 is 15.9 Å². The Bertz CT molecular complexity index is 601. The van der Waals surface area contributed by atoms with Gasteiger partial charge in [-0.15, -0.1) is 0 Å². The minimum atomic E-state index is -0.473. The van der Waals surface area contributed by atoms with E-state index in [1.54, 1.807) is 23.1 Å². The number of amides is 1. The Morgan fingerprint density at radius 3 is 2.74 bits per heavy atom. The molecular formula is C13H15BrN4O. The summed E-state index contributed by atoms with van der Waals surface area (Å²) in [5.74, 6) is 0.414. The third-order valence-electron chi connectivity index (χ3n) is 2.50. The molecule has 2 aromatic heterocycles. The van der Waals surface area contributed by atoms with Crippen molar-refractivity contribution in [2.24, 2.45) is 5.41 Å². The van der Waals surface area contributed by atoms with E-state index < -0.39 is 5.41 Å². The summed E-state index contributed by atoms with van der Waals surface area (Å²) in [6.45, 7) is 5.57. The summed E-state index contributed by atoms with van der Waals surface area (Å²) < 4.78 is 2.53. The van der Waals surface area contributed by atoms with Crippen molar-refractivity contribution in [1.29, 1.82) is 0 Å². The molecule has 0 radical (unpaired) electrons. The van der Waals surface area contributed by atoms with Crippen LogP contribution in [0.15, 0.2) is 35.2 Å². The average molecular weight is 323 g/mol. The summed E-state index contributed by atoms with van der Waals surface area (Å²) in [5.41, 5.74) is 0.255. The summed E-state index contributed by atoms with van der Waals surface area (Å²) in [7, 11) is 0. The van der Waals surface area contributed by atoms with Gasteiger partial charge < -0.3 is 5.32 Å². The van der Waals surface area contributed by atoms with Gasteiger partial charge in [0.05, 0.1) is 10.7 Å². The standard InChI is InChI=1S/C13H15BrN4O/c1-13(2,3)12(19)17-11-10(5-4-6-15-11)18-8-9(14)7-16-18/h4-8H,1-3H3,(H,15,17,19). The molecule has 1 N–H and O–H groups in total. The molecule has 0 aromatic carbocycles. The first-order chi connectivity index (χ1) is 8.88. The Balaban J connectivity index is 2.35. The van der Waals surface area contributed by atoms with Gasteiger partial charge in [-0.1, -0.05) is 20.8 Å². The largest absolute Gasteiger partial charge is 0.308 e. The summed E-state index contributed by atoms with van der Waals surface area (Å²) in [4.78, 5) is 16.2. The fourth-order valence-electron chi connectivity index (χ4n) is 1.41. The number of halogens is 1. The molecule has 2 heterocycles. The lowest BCUT2D eigenvalue weighted by Crippen LogP contribution is -2.28. The van der Waals surface area contributed by atoms with Gasteiger partial charge in [-0.05, 0) is 28.1 Å². The van der Waals surface area contributed by atoms with Crippen molar-refractivity contribution in [2.75, 3.05) is 5.32 Å². The summed E-state index contributed by atoms with van der Waals surface area (Å²) in [6.07, 6.45) is 5.13. The minimum absolute atomic E-state index is 0.0846. The lowest BCUT2D eigenvalue weighted by atomic mass is 9.96. The van der Waals surface area contributed by atoms with Crippen LogP contribution in [0.4, 0.5) is 5.82 Å². The summed E-state index contributed by atoms with van der Waals surface area (Å²) in [6, 6.07) is 3.66. The van der Waals surface area contributed by atoms with E-state index in [2.05, 4.69) is 31.3 Å². The highest BCUT2D eigenvalue weighted by Crippen LogP contribution is 2.21. The highest BCUT2D eigenvalue weighted by Gasteiger charge is 2.22. The third-order valence-corrected chi connectivity index (χ3v) is 2.91. The van der Waals surface area contributed by atoms with Gasteiger partial charge in [0.15, 0.2) is 5.82 Å². The maximum absolute atomic E-state index is 12.0. The molecule has 0 aliphatic heterocycles. The SMILES string of the molecule is CC(C)(C)C(=O)Nc1ncccc1-n1cc(Br)cn1. The molecule has 1 amide bonds. The zero-order valence-corrected chi connectivity index (χ0v) is 12.6. The molecule has 0 bridgehead atoms. The van der Waals surface area contributed by atoms with Crippen molar-refractivity contribution in [2.45, 2.75) is 20.8 Å². The lowest BCUT2D eigenvalue weighted by molar-refractivity contribution is -0.123. The van der Waals surface area contributed by atoms with Crippen LogP contribution in [0.3, 0.4) is 0 Å². The van der Waals surface area contributed by atoms with Crippen LogP contribution in [0.2, 0.25) is 0 Å². The number of hydrogen-bond acceptors (Lipinski definition) is 3. The molecule has 0 unspecified atom stereocenters. The predicted molar refractivity (Wildman–Crippen MR) is 77.1 cm³/mol. The normalized spacial score (nSPS) is 11.4. The maximum Gasteiger partial charge on any atom is 0.230 e. The van der Waals surface area contributed by atoms with Gasteiger partial charge in [0, 0.05) is 17.8 Å². The van der Waals surface area contributed by atoms with Crippen molar-refractivity contribution in [1.82, 2.24) is 14.8 Å². The number of hydrogen-bond donors (Lipinski definition) is 1. The van der Waals surface area contributed by atoms with Crippen LogP contribution in [-0.4, -0.2) is 20.7 Å². The first-order valence-electron chi connectivity index (χ1n) is 5.85. The Morgan fingerprint density at radius 2 is 2.16 bits per heavy atom. The smallest absolute Gasteiger partial charge is 0.230 e. The van der Waals surface area contributed by atoms with Crippen molar-refractivity contribution in [3.8, 4) is 5.69 Å². The molecule has 19 heavy (non-hydrogen) atoms. The minimum Gasteiger partial charge on any atom is -0.308 e. The average Bonchev–Trinajstić information content (AvgIpc) is 2.75. The lowest BCUT2D eigenvalue weighted by Gasteiger charge is -2.18. The van der Waals surface area contributed by atoms with E-state index in [9.17, 15) is 4.79 Å². The molecule has 0 spiro atoms. The molecule has 5 nitrogen and oxygen atoms in total. The number of rotatable bonds is 2. The molecule has 0 aliphatic carbocycles. The molecule has 100 valence electrons. The van der Waals surface area contributed by atoms with Gasteiger partial charge >= 0.3 is 0 Å². The molecule has 2 rings (SSSR count). The van der Waals surface area contributed by atoms with Crippen molar-refractivity contribution in [3.63, 3.8) is 0 Å². The summed E-state index contributed by atoms with van der Waals surface area (Å²) in [5, 5.41) is 7.03. The van der Waals surface area contributed by atoms with Gasteiger partial charge in [-0.25, -0.2) is 9.67 Å². The Hall–Kier alpha value is -1.69. The predicted octanol–water partition coefficient (Wildman–Crippen LogP) is 3.01. The van der Waals surface area contributed by atoms with Crippen molar-refractivity contribution >= 4 is 27.7 Å². The summed E-state index contributed by atoms with van der Waals surface area (Å²) >= 11 is 3.35. The molecule has 0 atom stereocenters. The topological polar surface area (TPSA) is 59.8 Å². The van der Waals surface area contributed by atoms with Crippen LogP contribution in [0.25, 0.3) is 5.69 Å². The third kappa shape index (κ3) is 3.20. The molecule has 2 aromatic rings. The monoisotopic (exact) mass is 322 g/mol. The van der Waals surface area contributed by atoms with Crippen molar-refractivity contribution < 1.29 is 4.79 Å². The van der Waals surface area contributed by atoms with Crippen molar-refractivity contribution in [3.05, 3.63) is 35.2 Å². The van der Waals surface area contributed by atoms with Crippen LogP contribution in [0, 0.1) is 5.41 Å². The van der Waals surface area contributed by atoms with E-state index in [0.29, 0.717) is 5.82 Å². The van der Waals surface area contributed by atoms with E-state index in [4.69, 9.17) is 0 Å². The number of aromatic nitrogens is 3. The molecule has 0 fully saturated rings. The first kappa shape index (κ1) is 13.7. The van der Waals surface area contributed by atoms with Crippen LogP contribution in [0.5, 0.6) is 0 Å². The Morgan fingerprint density at radius 1 is 1.42 bits per heavy atom. The van der Waals surface area contributed by atoms with Gasteiger partial charge in [-0.2, -0.15) is 5.10 Å². The maximum atomic E-state index is 12.0. The van der Waals surface area contributed by atoms with Gasteiger partial charge in [0.25, 0.3) is 0 Å². The number of nitrogens with zero attached hydrogens (tertiary/aromatic N) is 3. The Labute approximate surface area is 120 Å². The molecule has 0 saturated carbocycles. The highest BCUT2D eigenvalue weighted by atomic mass is 79.9. The van der Waals surface area contributed by atoms with E-state index in [-0.39, 0.29) is 5.91 Å². The highest BCUT2D eigenvalue weighted by molar-refractivity contribution is 9.10. The van der Waals surface area contributed by atoms with Crippen LogP contribution in [0.1, 0.15) is 20.8 Å².